The van der Waals surface area contributed by atoms with Crippen LogP contribution in [0.25, 0.3) is 0 Å². The molecule has 204 valence electrons. The number of carboxylic acid groups (broad SMARTS) is 1. The summed E-state index contributed by atoms with van der Waals surface area (Å²) in [6.07, 6.45) is 3.88. The molecule has 0 saturated carbocycles. The lowest BCUT2D eigenvalue weighted by atomic mass is 9.87. The lowest BCUT2D eigenvalue weighted by molar-refractivity contribution is -0.145. The number of aliphatic carboxylic acids is 1. The van der Waals surface area contributed by atoms with Gasteiger partial charge in [-0.15, -0.1) is 0 Å². The molecule has 2 aromatic carbocycles. The van der Waals surface area contributed by atoms with Crippen molar-refractivity contribution in [2.24, 2.45) is 11.8 Å². The second kappa shape index (κ2) is 12.0. The molecule has 3 heterocycles. The third-order valence-electron chi connectivity index (χ3n) is 9.25. The molecule has 3 unspecified atom stereocenters. The van der Waals surface area contributed by atoms with Crippen LogP contribution in [0.15, 0.2) is 60.7 Å². The maximum absolute atomic E-state index is 13.4. The Balaban J connectivity index is 1.20. The summed E-state index contributed by atoms with van der Waals surface area (Å²) in [5, 5.41) is 9.96. The summed E-state index contributed by atoms with van der Waals surface area (Å²) in [7, 11) is 0. The lowest BCUT2D eigenvalue weighted by Crippen LogP contribution is -2.50. The number of benzene rings is 2. The Morgan fingerprint density at radius 2 is 1.37 bits per heavy atom. The molecule has 38 heavy (non-hydrogen) atoms. The van der Waals surface area contributed by atoms with Crippen LogP contribution in [0.2, 0.25) is 0 Å². The van der Waals surface area contributed by atoms with Crippen LogP contribution in [0.3, 0.4) is 0 Å². The van der Waals surface area contributed by atoms with E-state index in [-0.39, 0.29) is 23.8 Å². The Hall–Kier alpha value is -2.70. The molecule has 0 bridgehead atoms. The number of carbonyl (C=O) groups excluding carboxylic acids is 1. The van der Waals surface area contributed by atoms with Crippen molar-refractivity contribution in [1.29, 1.82) is 0 Å². The Morgan fingerprint density at radius 1 is 0.789 bits per heavy atom. The molecule has 6 nitrogen and oxygen atoms in total. The van der Waals surface area contributed by atoms with Crippen molar-refractivity contribution in [2.75, 3.05) is 39.3 Å². The monoisotopic (exact) mass is 517 g/mol. The first kappa shape index (κ1) is 26.9. The highest BCUT2D eigenvalue weighted by atomic mass is 16.4. The third kappa shape index (κ3) is 5.81. The largest absolute Gasteiger partial charge is 0.480 e. The van der Waals surface area contributed by atoms with E-state index in [0.29, 0.717) is 11.8 Å². The molecule has 0 aromatic heterocycles. The van der Waals surface area contributed by atoms with Gasteiger partial charge in [0.25, 0.3) is 0 Å². The molecule has 0 aliphatic carbocycles. The minimum absolute atomic E-state index is 0.0528. The van der Waals surface area contributed by atoms with Gasteiger partial charge in [0.2, 0.25) is 5.91 Å². The van der Waals surface area contributed by atoms with Crippen molar-refractivity contribution in [3.63, 3.8) is 0 Å². The van der Waals surface area contributed by atoms with Crippen LogP contribution in [0.5, 0.6) is 0 Å². The Morgan fingerprint density at radius 3 is 1.92 bits per heavy atom. The fourth-order valence-electron chi connectivity index (χ4n) is 7.20. The second-order valence-corrected chi connectivity index (χ2v) is 11.9. The standard InChI is InChI=1S/C32H43N3O3/c1-23(2)30(32(37)38)35-21-28(26-11-7-4-8-12-26)29(22-35)33-17-15-27(16-18-33)31(36)34-19-13-25(14-20-34)24-9-5-3-6-10-24/h3-12,23,25,27-30H,13-22H2,1-2H3,(H,37,38). The fraction of sp³-hybridized carbons (Fsp3) is 0.562. The normalized spacial score (nSPS) is 25.1. The maximum atomic E-state index is 13.4. The molecule has 3 saturated heterocycles. The average Bonchev–Trinajstić information content (AvgIpc) is 3.38. The molecule has 3 aliphatic rings. The third-order valence-corrected chi connectivity index (χ3v) is 9.25. The number of hydrogen-bond acceptors (Lipinski definition) is 4. The van der Waals surface area contributed by atoms with Crippen molar-refractivity contribution in [1.82, 2.24) is 14.7 Å². The SMILES string of the molecule is CC(C)C(C(=O)O)N1CC(c2ccccc2)C(N2CCC(C(=O)N3CCC(c4ccccc4)CC3)CC2)C1. The first-order valence-corrected chi connectivity index (χ1v) is 14.5. The molecule has 0 spiro atoms. The summed E-state index contributed by atoms with van der Waals surface area (Å²) in [5.41, 5.74) is 2.68. The number of rotatable bonds is 7. The molecular weight excluding hydrogens is 474 g/mol. The topological polar surface area (TPSA) is 64.1 Å². The van der Waals surface area contributed by atoms with E-state index in [2.05, 4.69) is 69.3 Å². The van der Waals surface area contributed by atoms with Crippen LogP contribution >= 0.6 is 0 Å². The van der Waals surface area contributed by atoms with Gasteiger partial charge < -0.3 is 10.0 Å². The number of likely N-dealkylation sites (tertiary alicyclic amines) is 3. The van der Waals surface area contributed by atoms with Crippen molar-refractivity contribution >= 4 is 11.9 Å². The fourth-order valence-corrected chi connectivity index (χ4v) is 7.20. The highest BCUT2D eigenvalue weighted by Crippen LogP contribution is 2.36. The summed E-state index contributed by atoms with van der Waals surface area (Å²) in [6, 6.07) is 21.1. The van der Waals surface area contributed by atoms with Gasteiger partial charge in [-0.3, -0.25) is 19.4 Å². The van der Waals surface area contributed by atoms with Crippen molar-refractivity contribution in [3.8, 4) is 0 Å². The quantitative estimate of drug-likeness (QED) is 0.578. The van der Waals surface area contributed by atoms with E-state index >= 15 is 0 Å². The predicted octanol–water partition coefficient (Wildman–Crippen LogP) is 4.68. The van der Waals surface area contributed by atoms with E-state index in [9.17, 15) is 14.7 Å². The zero-order chi connectivity index (χ0) is 26.6. The minimum Gasteiger partial charge on any atom is -0.480 e. The van der Waals surface area contributed by atoms with E-state index in [1.165, 1.54) is 11.1 Å². The average molecular weight is 518 g/mol. The molecule has 6 heteroatoms. The van der Waals surface area contributed by atoms with Gasteiger partial charge in [0, 0.05) is 44.1 Å². The van der Waals surface area contributed by atoms with E-state index in [1.54, 1.807) is 0 Å². The minimum atomic E-state index is -0.729. The van der Waals surface area contributed by atoms with Crippen LogP contribution < -0.4 is 0 Å². The predicted molar refractivity (Wildman–Crippen MR) is 150 cm³/mol. The molecule has 5 rings (SSSR count). The Labute approximate surface area is 227 Å². The van der Waals surface area contributed by atoms with Crippen LogP contribution in [-0.2, 0) is 9.59 Å². The summed E-state index contributed by atoms with van der Waals surface area (Å²) < 4.78 is 0. The van der Waals surface area contributed by atoms with Gasteiger partial charge in [0.15, 0.2) is 0 Å². The van der Waals surface area contributed by atoms with E-state index < -0.39 is 12.0 Å². The van der Waals surface area contributed by atoms with Crippen molar-refractivity contribution < 1.29 is 14.7 Å². The maximum Gasteiger partial charge on any atom is 0.321 e. The molecule has 3 aliphatic heterocycles. The number of nitrogens with zero attached hydrogens (tertiary/aromatic N) is 3. The molecule has 3 atom stereocenters. The van der Waals surface area contributed by atoms with Gasteiger partial charge in [-0.2, -0.15) is 0 Å². The lowest BCUT2D eigenvalue weighted by Gasteiger charge is -2.40. The van der Waals surface area contributed by atoms with E-state index in [1.807, 2.05) is 19.9 Å². The number of carbonyl (C=O) groups is 2. The first-order chi connectivity index (χ1) is 18.4. The summed E-state index contributed by atoms with van der Waals surface area (Å²) in [5.74, 6) is 0.609. The smallest absolute Gasteiger partial charge is 0.321 e. The van der Waals surface area contributed by atoms with Gasteiger partial charge in [-0.25, -0.2) is 0 Å². The number of carboxylic acids is 1. The van der Waals surface area contributed by atoms with Crippen molar-refractivity contribution in [3.05, 3.63) is 71.8 Å². The number of piperidine rings is 2. The zero-order valence-electron chi connectivity index (χ0n) is 22.9. The molecule has 1 N–H and O–H groups in total. The molecular formula is C32H43N3O3. The first-order valence-electron chi connectivity index (χ1n) is 14.5. The van der Waals surface area contributed by atoms with Gasteiger partial charge >= 0.3 is 5.97 Å². The molecule has 0 radical (unpaired) electrons. The van der Waals surface area contributed by atoms with Crippen LogP contribution in [0.1, 0.15) is 62.5 Å². The van der Waals surface area contributed by atoms with Crippen LogP contribution in [0, 0.1) is 11.8 Å². The van der Waals surface area contributed by atoms with Crippen molar-refractivity contribution in [2.45, 2.75) is 63.5 Å². The van der Waals surface area contributed by atoms with Crippen LogP contribution in [0.4, 0.5) is 0 Å². The van der Waals surface area contributed by atoms with E-state index in [4.69, 9.17) is 0 Å². The van der Waals surface area contributed by atoms with E-state index in [0.717, 1.165) is 65.0 Å². The van der Waals surface area contributed by atoms with Gasteiger partial charge in [0.05, 0.1) is 0 Å². The summed E-state index contributed by atoms with van der Waals surface area (Å²) >= 11 is 0. The molecule has 3 fully saturated rings. The second-order valence-electron chi connectivity index (χ2n) is 11.9. The summed E-state index contributed by atoms with van der Waals surface area (Å²) in [4.78, 5) is 32.4. The Bertz CT molecular complexity index is 1060. The van der Waals surface area contributed by atoms with Gasteiger partial charge in [-0.1, -0.05) is 74.5 Å². The zero-order valence-corrected chi connectivity index (χ0v) is 22.9. The molecule has 1 amide bonds. The van der Waals surface area contributed by atoms with Gasteiger partial charge in [0.1, 0.15) is 6.04 Å². The highest BCUT2D eigenvalue weighted by Gasteiger charge is 2.44. The van der Waals surface area contributed by atoms with Gasteiger partial charge in [-0.05, 0) is 61.7 Å². The number of hydrogen-bond donors (Lipinski definition) is 1. The summed E-state index contributed by atoms with van der Waals surface area (Å²) in [6.45, 7) is 9.05. The highest BCUT2D eigenvalue weighted by molar-refractivity contribution is 5.79. The van der Waals surface area contributed by atoms with Crippen LogP contribution in [-0.4, -0.2) is 83.0 Å². The number of amides is 1. The molecule has 2 aromatic rings. The Kier molecular flexibility index (Phi) is 8.49.